The maximum absolute atomic E-state index is 11.6. The van der Waals surface area contributed by atoms with Crippen molar-refractivity contribution in [2.45, 2.75) is 13.8 Å². The first-order valence-electron chi connectivity index (χ1n) is 4.83. The number of hydrogen-bond acceptors (Lipinski definition) is 5. The lowest BCUT2D eigenvalue weighted by Gasteiger charge is -2.20. The molecule has 0 unspecified atom stereocenters. The van der Waals surface area contributed by atoms with Crippen LogP contribution in [-0.4, -0.2) is 27.8 Å². The van der Waals surface area contributed by atoms with Crippen molar-refractivity contribution >= 4 is 35.0 Å². The summed E-state index contributed by atoms with van der Waals surface area (Å²) < 4.78 is 4.76. The van der Waals surface area contributed by atoms with Crippen LogP contribution < -0.4 is 11.2 Å². The molecule has 0 bridgehead atoms. The normalized spacial score (nSPS) is 17.0. The highest BCUT2D eigenvalue weighted by molar-refractivity contribution is 7.80. The summed E-state index contributed by atoms with van der Waals surface area (Å²) in [6.45, 7) is 2.71. The summed E-state index contributed by atoms with van der Waals surface area (Å²) in [4.78, 5) is 34.0. The van der Waals surface area contributed by atoms with Gasteiger partial charge in [-0.2, -0.15) is 0 Å². The van der Waals surface area contributed by atoms with E-state index >= 15 is 0 Å². The number of cyclic esters (lactones) is 1. The molecule has 0 saturated heterocycles. The lowest BCUT2D eigenvalue weighted by molar-refractivity contribution is -0.137. The Morgan fingerprint density at radius 1 is 1.56 bits per heavy atom. The average Bonchev–Trinajstić information content (AvgIpc) is 2.20. The molecule has 1 amide bonds. The number of thiocarbonyl (C=S) groups is 1. The Labute approximate surface area is 108 Å². The van der Waals surface area contributed by atoms with Crippen LogP contribution in [0.4, 0.5) is 0 Å². The van der Waals surface area contributed by atoms with Crippen LogP contribution in [0.2, 0.25) is 0 Å². The molecule has 18 heavy (non-hydrogen) atoms. The van der Waals surface area contributed by atoms with Gasteiger partial charge in [0.2, 0.25) is 5.91 Å². The number of ketones is 1. The van der Waals surface area contributed by atoms with Crippen LogP contribution in [0.3, 0.4) is 0 Å². The number of rotatable bonds is 1. The van der Waals surface area contributed by atoms with Crippen LogP contribution >= 0.6 is 12.2 Å². The van der Waals surface area contributed by atoms with E-state index in [2.05, 4.69) is 17.6 Å². The highest BCUT2D eigenvalue weighted by Crippen LogP contribution is 2.14. The summed E-state index contributed by atoms with van der Waals surface area (Å²) in [5.41, 5.74) is 7.31. The topological polar surface area (TPSA) is 102 Å². The summed E-state index contributed by atoms with van der Waals surface area (Å²) in [6, 6.07) is 0. The average molecular weight is 269 g/mol. The fourth-order valence-electron chi connectivity index (χ4n) is 1.16. The predicted molar refractivity (Wildman–Crippen MR) is 65.4 cm³/mol. The van der Waals surface area contributed by atoms with Crippen molar-refractivity contribution in [2.24, 2.45) is 5.73 Å². The number of hydrazine groups is 1. The molecule has 0 radical (unpaired) electrons. The minimum Gasteiger partial charge on any atom is -0.427 e. The van der Waals surface area contributed by atoms with Gasteiger partial charge in [0.05, 0.1) is 0 Å². The maximum Gasteiger partial charge on any atom is 0.348 e. The Balaban J connectivity index is 3.05. The fraction of sp³-hybridized carbons (Fsp3) is 0.200. The van der Waals surface area contributed by atoms with Gasteiger partial charge in [0.1, 0.15) is 11.3 Å². The van der Waals surface area contributed by atoms with Gasteiger partial charge in [-0.05, 0) is 19.1 Å². The Hall–Kier alpha value is -2.22. The molecular weight excluding hydrogens is 258 g/mol. The number of nitrogens with zero attached hydrogens (tertiary/aromatic N) is 1. The molecule has 0 atom stereocenters. The lowest BCUT2D eigenvalue weighted by Crippen LogP contribution is -2.45. The summed E-state index contributed by atoms with van der Waals surface area (Å²) in [6.07, 6.45) is 2.18. The number of nitrogens with one attached hydrogen (secondary N) is 1. The molecule has 0 fully saturated rings. The predicted octanol–water partition coefficient (Wildman–Crippen LogP) is -0.503. The second-order valence-corrected chi connectivity index (χ2v) is 3.85. The molecule has 1 aliphatic rings. The van der Waals surface area contributed by atoms with Gasteiger partial charge in [0.25, 0.3) is 0 Å². The monoisotopic (exact) mass is 269 g/mol. The molecule has 0 saturated carbocycles. The van der Waals surface area contributed by atoms with Crippen LogP contribution in [0.15, 0.2) is 23.6 Å². The van der Waals surface area contributed by atoms with E-state index < -0.39 is 17.7 Å². The lowest BCUT2D eigenvalue weighted by atomic mass is 10.1. The zero-order chi connectivity index (χ0) is 13.9. The van der Waals surface area contributed by atoms with Crippen LogP contribution in [-0.2, 0) is 19.1 Å². The van der Waals surface area contributed by atoms with E-state index in [0.29, 0.717) is 0 Å². The van der Waals surface area contributed by atoms with Crippen molar-refractivity contribution in [2.75, 3.05) is 0 Å². The number of carbonyl (C=O) groups excluding carboxylic acids is 3. The first-order chi connectivity index (χ1) is 8.31. The number of nitrogens with two attached hydrogens (primary N) is 1. The number of esters is 1. The Bertz CT molecular complexity index is 495. The molecule has 0 spiro atoms. The second kappa shape index (κ2) is 5.41. The Morgan fingerprint density at radius 2 is 2.17 bits per heavy atom. The first kappa shape index (κ1) is 13.8. The minimum atomic E-state index is -0.827. The van der Waals surface area contributed by atoms with Gasteiger partial charge in [-0.1, -0.05) is 0 Å². The summed E-state index contributed by atoms with van der Waals surface area (Å²) in [5.74, 6) is -1.63. The Morgan fingerprint density at radius 3 is 2.61 bits per heavy atom. The van der Waals surface area contributed by atoms with Crippen molar-refractivity contribution in [3.8, 4) is 0 Å². The van der Waals surface area contributed by atoms with Gasteiger partial charge < -0.3 is 10.5 Å². The number of amides is 1. The zero-order valence-corrected chi connectivity index (χ0v) is 10.5. The third kappa shape index (κ3) is 3.39. The van der Waals surface area contributed by atoms with Crippen LogP contribution in [0, 0.1) is 0 Å². The standard InChI is InChI=1S/C10H11N3O4S/c1-5-3-8(15)7(9(16)17-5)4-13(10(11)18)12-6(2)14/h3-4H,1-2H3,(H2,11,18)(H,12,14)/b7-4-. The molecule has 7 nitrogen and oxygen atoms in total. The van der Waals surface area contributed by atoms with Gasteiger partial charge >= 0.3 is 5.97 Å². The highest BCUT2D eigenvalue weighted by Gasteiger charge is 2.25. The van der Waals surface area contributed by atoms with Gasteiger partial charge in [0.15, 0.2) is 10.9 Å². The van der Waals surface area contributed by atoms with Gasteiger partial charge in [-0.25, -0.2) is 9.80 Å². The molecule has 1 rings (SSSR count). The molecule has 0 aromatic carbocycles. The largest absolute Gasteiger partial charge is 0.427 e. The summed E-state index contributed by atoms with van der Waals surface area (Å²) >= 11 is 4.67. The quantitative estimate of drug-likeness (QED) is 0.217. The Kier molecular flexibility index (Phi) is 4.16. The third-order valence-electron chi connectivity index (χ3n) is 1.85. The van der Waals surface area contributed by atoms with E-state index in [9.17, 15) is 14.4 Å². The first-order valence-corrected chi connectivity index (χ1v) is 5.24. The van der Waals surface area contributed by atoms with Crippen LogP contribution in [0.1, 0.15) is 13.8 Å². The summed E-state index contributed by atoms with van der Waals surface area (Å²) in [5, 5.41) is 0.685. The van der Waals surface area contributed by atoms with Crippen LogP contribution in [0.5, 0.6) is 0 Å². The molecule has 0 aromatic rings. The van der Waals surface area contributed by atoms with Crippen molar-refractivity contribution < 1.29 is 19.1 Å². The number of allylic oxidation sites excluding steroid dienone is 2. The van der Waals surface area contributed by atoms with E-state index in [1.807, 2.05) is 0 Å². The van der Waals surface area contributed by atoms with E-state index in [0.717, 1.165) is 17.3 Å². The summed E-state index contributed by atoms with van der Waals surface area (Å²) in [7, 11) is 0. The van der Waals surface area contributed by atoms with E-state index in [4.69, 9.17) is 10.5 Å². The third-order valence-corrected chi connectivity index (χ3v) is 2.04. The molecule has 0 aromatic heterocycles. The van der Waals surface area contributed by atoms with Gasteiger partial charge in [0, 0.05) is 19.2 Å². The van der Waals surface area contributed by atoms with Crippen molar-refractivity contribution in [1.82, 2.24) is 10.4 Å². The van der Waals surface area contributed by atoms with Crippen molar-refractivity contribution in [3.63, 3.8) is 0 Å². The van der Waals surface area contributed by atoms with Crippen molar-refractivity contribution in [3.05, 3.63) is 23.6 Å². The SMILES string of the molecule is CC(=O)NN(/C=C1/C(=O)C=C(C)OC1=O)C(N)=S. The smallest absolute Gasteiger partial charge is 0.348 e. The van der Waals surface area contributed by atoms with Gasteiger partial charge in [-0.3, -0.25) is 15.0 Å². The maximum atomic E-state index is 11.6. The van der Waals surface area contributed by atoms with Crippen LogP contribution in [0.25, 0.3) is 0 Å². The molecule has 1 heterocycles. The highest BCUT2D eigenvalue weighted by atomic mass is 32.1. The minimum absolute atomic E-state index is 0.198. The molecule has 96 valence electrons. The van der Waals surface area contributed by atoms with Crippen molar-refractivity contribution in [1.29, 1.82) is 0 Å². The van der Waals surface area contributed by atoms with E-state index in [1.165, 1.54) is 13.8 Å². The second-order valence-electron chi connectivity index (χ2n) is 3.43. The molecular formula is C10H11N3O4S. The molecule has 8 heteroatoms. The molecule has 0 aliphatic carbocycles. The zero-order valence-electron chi connectivity index (χ0n) is 9.72. The fourth-order valence-corrected chi connectivity index (χ4v) is 1.26. The molecule has 3 N–H and O–H groups in total. The van der Waals surface area contributed by atoms with Gasteiger partial charge in [-0.15, -0.1) is 0 Å². The number of carbonyl (C=O) groups is 3. The number of ether oxygens (including phenoxy) is 1. The van der Waals surface area contributed by atoms with E-state index in [1.54, 1.807) is 0 Å². The molecule has 1 aliphatic heterocycles. The number of hydrogen-bond donors (Lipinski definition) is 2. The van der Waals surface area contributed by atoms with E-state index in [-0.39, 0.29) is 16.4 Å².